The van der Waals surface area contributed by atoms with Crippen molar-refractivity contribution in [3.63, 3.8) is 0 Å². The standard InChI is InChI=1S/C18H17ClO3/c1-12(18(21)22-2)16(13-6-4-3-5-7-13)17(20)14-8-10-15(19)11-9-14/h3-11,16-17,20H,1H2,2H3/t16-,17+/m0/s1. The minimum atomic E-state index is -0.925. The number of carbonyl (C=O) groups is 1. The van der Waals surface area contributed by atoms with Crippen molar-refractivity contribution in [2.45, 2.75) is 12.0 Å². The van der Waals surface area contributed by atoms with Gasteiger partial charge >= 0.3 is 5.97 Å². The average molecular weight is 317 g/mol. The molecule has 0 saturated carbocycles. The fourth-order valence-corrected chi connectivity index (χ4v) is 2.47. The number of carbonyl (C=O) groups excluding carboxylic acids is 1. The summed E-state index contributed by atoms with van der Waals surface area (Å²) in [7, 11) is 1.30. The molecular weight excluding hydrogens is 300 g/mol. The molecule has 3 nitrogen and oxygen atoms in total. The van der Waals surface area contributed by atoms with Crippen molar-refractivity contribution >= 4 is 17.6 Å². The van der Waals surface area contributed by atoms with Crippen LogP contribution in [0.1, 0.15) is 23.1 Å². The van der Waals surface area contributed by atoms with Crippen LogP contribution in [-0.4, -0.2) is 18.2 Å². The molecule has 0 saturated heterocycles. The molecule has 0 bridgehead atoms. The molecule has 0 aliphatic carbocycles. The van der Waals surface area contributed by atoms with E-state index in [0.717, 1.165) is 5.56 Å². The van der Waals surface area contributed by atoms with Crippen LogP contribution in [0, 0.1) is 0 Å². The lowest BCUT2D eigenvalue weighted by Crippen LogP contribution is -2.19. The van der Waals surface area contributed by atoms with Crippen LogP contribution in [-0.2, 0) is 9.53 Å². The summed E-state index contributed by atoms with van der Waals surface area (Å²) in [4.78, 5) is 11.9. The maximum atomic E-state index is 11.9. The summed E-state index contributed by atoms with van der Waals surface area (Å²) < 4.78 is 4.75. The Morgan fingerprint density at radius 1 is 1.09 bits per heavy atom. The number of esters is 1. The largest absolute Gasteiger partial charge is 0.466 e. The minimum Gasteiger partial charge on any atom is -0.466 e. The average Bonchev–Trinajstić information content (AvgIpc) is 2.55. The van der Waals surface area contributed by atoms with Gasteiger partial charge in [-0.05, 0) is 23.3 Å². The van der Waals surface area contributed by atoms with Gasteiger partial charge in [0.05, 0.1) is 13.2 Å². The first-order valence-corrected chi connectivity index (χ1v) is 7.18. The number of methoxy groups -OCH3 is 1. The van der Waals surface area contributed by atoms with Gasteiger partial charge in [0, 0.05) is 16.5 Å². The second-order valence-electron chi connectivity index (χ2n) is 4.90. The Hall–Kier alpha value is -2.10. The predicted molar refractivity (Wildman–Crippen MR) is 86.8 cm³/mol. The van der Waals surface area contributed by atoms with Crippen molar-refractivity contribution < 1.29 is 14.6 Å². The summed E-state index contributed by atoms with van der Waals surface area (Å²) in [5, 5.41) is 11.3. The molecule has 0 spiro atoms. The summed E-state index contributed by atoms with van der Waals surface area (Å²) in [6.45, 7) is 3.81. The maximum absolute atomic E-state index is 11.9. The summed E-state index contributed by atoms with van der Waals surface area (Å²) in [5.41, 5.74) is 1.65. The van der Waals surface area contributed by atoms with E-state index in [1.54, 1.807) is 24.3 Å². The molecule has 4 heteroatoms. The summed E-state index contributed by atoms with van der Waals surface area (Å²) >= 11 is 5.88. The Morgan fingerprint density at radius 2 is 1.68 bits per heavy atom. The number of aliphatic hydroxyl groups is 1. The molecule has 0 unspecified atom stereocenters. The molecular formula is C18H17ClO3. The zero-order chi connectivity index (χ0) is 16.1. The van der Waals surface area contributed by atoms with Crippen molar-refractivity contribution in [1.82, 2.24) is 0 Å². The third-order valence-corrected chi connectivity index (χ3v) is 3.76. The van der Waals surface area contributed by atoms with Crippen LogP contribution >= 0.6 is 11.6 Å². The van der Waals surface area contributed by atoms with Gasteiger partial charge in [-0.3, -0.25) is 0 Å². The summed E-state index contributed by atoms with van der Waals surface area (Å²) in [6, 6.07) is 16.1. The van der Waals surface area contributed by atoms with Crippen molar-refractivity contribution in [1.29, 1.82) is 0 Å². The molecule has 0 aliphatic rings. The number of hydrogen-bond acceptors (Lipinski definition) is 3. The molecule has 0 aliphatic heterocycles. The molecule has 1 N–H and O–H groups in total. The molecule has 2 aromatic carbocycles. The van der Waals surface area contributed by atoms with Gasteiger partial charge in [-0.25, -0.2) is 4.79 Å². The van der Waals surface area contributed by atoms with Gasteiger partial charge in [0.1, 0.15) is 0 Å². The van der Waals surface area contributed by atoms with E-state index in [1.165, 1.54) is 7.11 Å². The smallest absolute Gasteiger partial charge is 0.333 e. The Labute approximate surface area is 134 Å². The van der Waals surface area contributed by atoms with Gasteiger partial charge in [0.2, 0.25) is 0 Å². The lowest BCUT2D eigenvalue weighted by molar-refractivity contribution is -0.136. The fraction of sp³-hybridized carbons (Fsp3) is 0.167. The van der Waals surface area contributed by atoms with Crippen LogP contribution in [0.25, 0.3) is 0 Å². The zero-order valence-electron chi connectivity index (χ0n) is 12.2. The van der Waals surface area contributed by atoms with Crippen molar-refractivity contribution in [2.75, 3.05) is 7.11 Å². The summed E-state index contributed by atoms with van der Waals surface area (Å²) in [6.07, 6.45) is -0.925. The first kappa shape index (κ1) is 16.3. The van der Waals surface area contributed by atoms with Gasteiger partial charge in [-0.15, -0.1) is 0 Å². The van der Waals surface area contributed by atoms with Crippen molar-refractivity contribution in [3.05, 3.63) is 82.9 Å². The molecule has 0 amide bonds. The Bertz CT molecular complexity index is 650. The second kappa shape index (κ2) is 7.25. The van der Waals surface area contributed by atoms with Crippen molar-refractivity contribution in [2.24, 2.45) is 0 Å². The normalized spacial score (nSPS) is 13.2. The topological polar surface area (TPSA) is 46.5 Å². The quantitative estimate of drug-likeness (QED) is 0.672. The molecule has 0 fully saturated rings. The van der Waals surface area contributed by atoms with Crippen LogP contribution in [0.15, 0.2) is 66.7 Å². The van der Waals surface area contributed by atoms with Crippen LogP contribution in [0.4, 0.5) is 0 Å². The van der Waals surface area contributed by atoms with E-state index in [9.17, 15) is 9.90 Å². The number of hydrogen-bond donors (Lipinski definition) is 1. The number of ether oxygens (including phenoxy) is 1. The maximum Gasteiger partial charge on any atom is 0.333 e. The third kappa shape index (κ3) is 3.56. The Balaban J connectivity index is 2.41. The molecule has 2 atom stereocenters. The Morgan fingerprint density at radius 3 is 2.23 bits per heavy atom. The number of benzene rings is 2. The van der Waals surface area contributed by atoms with E-state index in [-0.39, 0.29) is 5.57 Å². The van der Waals surface area contributed by atoms with Crippen LogP contribution < -0.4 is 0 Å². The van der Waals surface area contributed by atoms with E-state index < -0.39 is 18.0 Å². The van der Waals surface area contributed by atoms with Crippen LogP contribution in [0.2, 0.25) is 5.02 Å². The van der Waals surface area contributed by atoms with E-state index in [1.807, 2.05) is 30.3 Å². The summed E-state index contributed by atoms with van der Waals surface area (Å²) in [5.74, 6) is -1.13. The highest BCUT2D eigenvalue weighted by molar-refractivity contribution is 6.30. The van der Waals surface area contributed by atoms with Gasteiger partial charge in [-0.2, -0.15) is 0 Å². The lowest BCUT2D eigenvalue weighted by atomic mass is 9.84. The van der Waals surface area contributed by atoms with E-state index in [0.29, 0.717) is 10.6 Å². The van der Waals surface area contributed by atoms with Crippen LogP contribution in [0.3, 0.4) is 0 Å². The third-order valence-electron chi connectivity index (χ3n) is 3.51. The number of halogens is 1. The van der Waals surface area contributed by atoms with Crippen LogP contribution in [0.5, 0.6) is 0 Å². The fourth-order valence-electron chi connectivity index (χ4n) is 2.34. The molecule has 0 radical (unpaired) electrons. The van der Waals surface area contributed by atoms with Gasteiger partial charge in [0.15, 0.2) is 0 Å². The van der Waals surface area contributed by atoms with Gasteiger partial charge < -0.3 is 9.84 Å². The highest BCUT2D eigenvalue weighted by atomic mass is 35.5. The molecule has 0 aromatic heterocycles. The van der Waals surface area contributed by atoms with E-state index >= 15 is 0 Å². The Kier molecular flexibility index (Phi) is 5.36. The molecule has 0 heterocycles. The zero-order valence-corrected chi connectivity index (χ0v) is 13.0. The van der Waals surface area contributed by atoms with E-state index in [4.69, 9.17) is 16.3 Å². The highest BCUT2D eigenvalue weighted by Crippen LogP contribution is 2.36. The first-order chi connectivity index (χ1) is 10.5. The first-order valence-electron chi connectivity index (χ1n) is 6.80. The van der Waals surface area contributed by atoms with Gasteiger partial charge in [0.25, 0.3) is 0 Å². The minimum absolute atomic E-state index is 0.205. The molecule has 22 heavy (non-hydrogen) atoms. The molecule has 114 valence electrons. The van der Waals surface area contributed by atoms with Crippen molar-refractivity contribution in [3.8, 4) is 0 Å². The molecule has 2 aromatic rings. The monoisotopic (exact) mass is 316 g/mol. The SMILES string of the molecule is C=C(C(=O)OC)[C@@H](c1ccccc1)[C@H](O)c1ccc(Cl)cc1. The highest BCUT2D eigenvalue weighted by Gasteiger charge is 2.29. The number of aliphatic hydroxyl groups excluding tert-OH is 1. The molecule has 2 rings (SSSR count). The second-order valence-corrected chi connectivity index (χ2v) is 5.34. The number of rotatable bonds is 5. The predicted octanol–water partition coefficient (Wildman–Crippen LogP) is 3.89. The lowest BCUT2D eigenvalue weighted by Gasteiger charge is -2.24. The van der Waals surface area contributed by atoms with Gasteiger partial charge in [-0.1, -0.05) is 60.6 Å². The van der Waals surface area contributed by atoms with E-state index in [2.05, 4.69) is 6.58 Å².